The Morgan fingerprint density at radius 3 is 2.53 bits per heavy atom. The summed E-state index contributed by atoms with van der Waals surface area (Å²) in [6.07, 6.45) is 3.50. The Kier molecular flexibility index (Phi) is 7.91. The van der Waals surface area contributed by atoms with E-state index in [0.717, 1.165) is 0 Å². The van der Waals surface area contributed by atoms with Crippen molar-refractivity contribution in [1.29, 1.82) is 0 Å². The number of hydrogen-bond acceptors (Lipinski definition) is 8. The highest BCUT2D eigenvalue weighted by Gasteiger charge is 2.34. The molecule has 0 aliphatic carbocycles. The molecule has 0 aromatic heterocycles. The summed E-state index contributed by atoms with van der Waals surface area (Å²) in [6, 6.07) is 9.43. The van der Waals surface area contributed by atoms with Crippen molar-refractivity contribution in [2.45, 2.75) is 18.2 Å². The van der Waals surface area contributed by atoms with Gasteiger partial charge in [-0.1, -0.05) is 6.92 Å². The van der Waals surface area contributed by atoms with E-state index in [0.29, 0.717) is 42.3 Å². The Bertz CT molecular complexity index is 1390. The second-order valence-electron chi connectivity index (χ2n) is 8.57. The van der Waals surface area contributed by atoms with Crippen LogP contribution in [0.15, 0.2) is 47.4 Å². The van der Waals surface area contributed by atoms with Gasteiger partial charge >= 0.3 is 0 Å². The Morgan fingerprint density at radius 2 is 1.82 bits per heavy atom. The molecular weight excluding hydrogens is 514 g/mol. The number of ether oxygens (including phenoxy) is 3. The summed E-state index contributed by atoms with van der Waals surface area (Å²) in [5, 5.41) is 2.64. The second-order valence-corrected chi connectivity index (χ2v) is 10.9. The number of hydrogen-bond donors (Lipinski definition) is 0. The number of carbonyl (C=O) groups excluding carboxylic acids is 3. The van der Waals surface area contributed by atoms with Gasteiger partial charge in [-0.25, -0.2) is 18.4 Å². The molecule has 38 heavy (non-hydrogen) atoms. The first-order chi connectivity index (χ1) is 18.2. The fourth-order valence-corrected chi connectivity index (χ4v) is 5.15. The average Bonchev–Trinajstić information content (AvgIpc) is 3.43. The molecule has 0 unspecified atom stereocenters. The molecule has 2 aromatic carbocycles. The smallest absolute Gasteiger partial charge is 0.265 e. The fraction of sp³-hybridized carbons (Fsp3) is 0.346. The maximum absolute atomic E-state index is 13.3. The standard InChI is InChI=1S/C26H29N3O8S/c1-4-38(33,34)20-8-10-23-21(15-20)27(26(32)17-37-23)16-25(31)29-13-5-12-28(29)24(30)11-6-18-14-19(35-2)7-9-22(18)36-3/h6-11,14-15H,4-5,12-13,16-17H2,1-3H3. The molecule has 11 nitrogen and oxygen atoms in total. The summed E-state index contributed by atoms with van der Waals surface area (Å²) in [7, 11) is -0.483. The van der Waals surface area contributed by atoms with Crippen molar-refractivity contribution in [1.82, 2.24) is 10.0 Å². The number of anilines is 1. The SMILES string of the molecule is CCS(=O)(=O)c1ccc2c(c1)N(CC(=O)N1CCCN1C(=O)C=Cc1cc(OC)ccc1OC)C(=O)CO2. The molecule has 4 rings (SSSR count). The minimum absolute atomic E-state index is 0.0329. The van der Waals surface area contributed by atoms with Crippen LogP contribution in [0.2, 0.25) is 0 Å². The van der Waals surface area contributed by atoms with Gasteiger partial charge in [0.05, 0.1) is 30.6 Å². The van der Waals surface area contributed by atoms with Crippen LogP contribution in [-0.2, 0) is 24.2 Å². The summed E-state index contributed by atoms with van der Waals surface area (Å²) in [5.74, 6) is -0.0336. The van der Waals surface area contributed by atoms with Crippen molar-refractivity contribution in [3.63, 3.8) is 0 Å². The number of methoxy groups -OCH3 is 2. The van der Waals surface area contributed by atoms with Crippen molar-refractivity contribution < 1.29 is 37.0 Å². The zero-order chi connectivity index (χ0) is 27.4. The molecular formula is C26H29N3O8S. The average molecular weight is 544 g/mol. The molecule has 0 radical (unpaired) electrons. The number of hydrazine groups is 1. The summed E-state index contributed by atoms with van der Waals surface area (Å²) in [4.78, 5) is 40.3. The molecule has 1 saturated heterocycles. The number of rotatable bonds is 8. The monoisotopic (exact) mass is 543 g/mol. The van der Waals surface area contributed by atoms with Gasteiger partial charge in [-0.2, -0.15) is 0 Å². The Hall–Kier alpha value is -4.06. The van der Waals surface area contributed by atoms with Crippen LogP contribution in [0.4, 0.5) is 5.69 Å². The van der Waals surface area contributed by atoms with E-state index >= 15 is 0 Å². The maximum atomic E-state index is 13.3. The van der Waals surface area contributed by atoms with Gasteiger partial charge in [0.25, 0.3) is 17.7 Å². The third kappa shape index (κ3) is 5.44. The van der Waals surface area contributed by atoms with E-state index in [1.54, 1.807) is 24.3 Å². The molecule has 1 fully saturated rings. The van der Waals surface area contributed by atoms with Gasteiger partial charge in [0.15, 0.2) is 16.4 Å². The quantitative estimate of drug-likeness (QED) is 0.463. The Morgan fingerprint density at radius 1 is 1.05 bits per heavy atom. The topological polar surface area (TPSA) is 123 Å². The maximum Gasteiger partial charge on any atom is 0.265 e. The van der Waals surface area contributed by atoms with Crippen LogP contribution < -0.4 is 19.1 Å². The lowest BCUT2D eigenvalue weighted by atomic mass is 10.1. The first-order valence-electron chi connectivity index (χ1n) is 12.0. The molecule has 2 heterocycles. The molecule has 0 bridgehead atoms. The van der Waals surface area contributed by atoms with E-state index < -0.39 is 27.6 Å². The molecule has 0 atom stereocenters. The highest BCUT2D eigenvalue weighted by Crippen LogP contribution is 2.34. The first kappa shape index (κ1) is 27.0. The van der Waals surface area contributed by atoms with Crippen LogP contribution in [-0.4, -0.2) is 82.4 Å². The van der Waals surface area contributed by atoms with Gasteiger partial charge in [-0.05, 0) is 48.9 Å². The third-order valence-corrected chi connectivity index (χ3v) is 8.05. The number of sulfone groups is 1. The summed E-state index contributed by atoms with van der Waals surface area (Å²) in [5.41, 5.74) is 0.830. The van der Waals surface area contributed by atoms with Crippen molar-refractivity contribution in [2.24, 2.45) is 0 Å². The molecule has 3 amide bonds. The lowest BCUT2D eigenvalue weighted by molar-refractivity contribution is -0.154. The van der Waals surface area contributed by atoms with Crippen molar-refractivity contribution >= 4 is 39.3 Å². The van der Waals surface area contributed by atoms with Gasteiger partial charge in [-0.3, -0.25) is 19.3 Å². The lowest BCUT2D eigenvalue weighted by Crippen LogP contribution is -2.50. The fourth-order valence-electron chi connectivity index (χ4n) is 4.25. The second kappa shape index (κ2) is 11.1. The molecule has 202 valence electrons. The van der Waals surface area contributed by atoms with Gasteiger partial charge in [0.1, 0.15) is 23.8 Å². The molecule has 0 N–H and O–H groups in total. The number of fused-ring (bicyclic) bond motifs is 1. The number of amides is 3. The number of carbonyl (C=O) groups is 3. The highest BCUT2D eigenvalue weighted by molar-refractivity contribution is 7.91. The number of nitrogens with zero attached hydrogens (tertiary/aromatic N) is 3. The van der Waals surface area contributed by atoms with Crippen LogP contribution >= 0.6 is 0 Å². The summed E-state index contributed by atoms with van der Waals surface area (Å²) in [6.45, 7) is 1.50. The van der Waals surface area contributed by atoms with Gasteiger partial charge < -0.3 is 14.2 Å². The predicted octanol–water partition coefficient (Wildman–Crippen LogP) is 1.91. The largest absolute Gasteiger partial charge is 0.497 e. The molecule has 2 aromatic rings. The molecule has 12 heteroatoms. The van der Waals surface area contributed by atoms with Crippen LogP contribution in [0.1, 0.15) is 18.9 Å². The third-order valence-electron chi connectivity index (χ3n) is 6.32. The van der Waals surface area contributed by atoms with Crippen LogP contribution in [0.5, 0.6) is 17.2 Å². The zero-order valence-electron chi connectivity index (χ0n) is 21.4. The molecule has 2 aliphatic rings. The van der Waals surface area contributed by atoms with Gasteiger partial charge in [0, 0.05) is 24.7 Å². The van der Waals surface area contributed by atoms with E-state index in [9.17, 15) is 22.8 Å². The summed E-state index contributed by atoms with van der Waals surface area (Å²) < 4.78 is 40.8. The van der Waals surface area contributed by atoms with E-state index in [-0.39, 0.29) is 29.5 Å². The minimum atomic E-state index is -3.54. The normalized spacial score (nSPS) is 15.4. The van der Waals surface area contributed by atoms with Crippen molar-refractivity contribution in [2.75, 3.05) is 51.1 Å². The Labute approximate surface area is 221 Å². The minimum Gasteiger partial charge on any atom is -0.497 e. The van der Waals surface area contributed by atoms with E-state index in [4.69, 9.17) is 14.2 Å². The van der Waals surface area contributed by atoms with Crippen molar-refractivity contribution in [3.05, 3.63) is 48.0 Å². The Balaban J connectivity index is 1.53. The predicted molar refractivity (Wildman–Crippen MR) is 139 cm³/mol. The molecule has 0 saturated carbocycles. The van der Waals surface area contributed by atoms with Gasteiger partial charge in [-0.15, -0.1) is 0 Å². The van der Waals surface area contributed by atoms with Gasteiger partial charge in [0.2, 0.25) is 0 Å². The van der Waals surface area contributed by atoms with Crippen LogP contribution in [0.3, 0.4) is 0 Å². The lowest BCUT2D eigenvalue weighted by Gasteiger charge is -2.32. The highest BCUT2D eigenvalue weighted by atomic mass is 32.2. The molecule has 0 spiro atoms. The van der Waals surface area contributed by atoms with Crippen LogP contribution in [0, 0.1) is 0 Å². The van der Waals surface area contributed by atoms with E-state index in [1.807, 2.05) is 0 Å². The van der Waals surface area contributed by atoms with E-state index in [2.05, 4.69) is 0 Å². The molecule has 2 aliphatic heterocycles. The number of benzene rings is 2. The van der Waals surface area contributed by atoms with E-state index in [1.165, 1.54) is 60.3 Å². The van der Waals surface area contributed by atoms with Crippen LogP contribution in [0.25, 0.3) is 6.08 Å². The summed E-state index contributed by atoms with van der Waals surface area (Å²) >= 11 is 0. The first-order valence-corrected chi connectivity index (χ1v) is 13.7. The van der Waals surface area contributed by atoms with Crippen molar-refractivity contribution in [3.8, 4) is 17.2 Å². The zero-order valence-corrected chi connectivity index (χ0v) is 22.2.